The molecule has 0 radical (unpaired) electrons. The second-order valence-corrected chi connectivity index (χ2v) is 4.96. The summed E-state index contributed by atoms with van der Waals surface area (Å²) in [6, 6.07) is -0.469. The molecule has 1 aromatic heterocycles. The van der Waals surface area contributed by atoms with Gasteiger partial charge in [0.15, 0.2) is 0 Å². The maximum atomic E-state index is 12.0. The average molecular weight is 296 g/mol. The number of ether oxygens (including phenoxy) is 1. The van der Waals surface area contributed by atoms with E-state index in [0.29, 0.717) is 37.5 Å². The van der Waals surface area contributed by atoms with Gasteiger partial charge in [-0.2, -0.15) is 5.10 Å². The highest BCUT2D eigenvalue weighted by Crippen LogP contribution is 2.36. The number of anilines is 1. The van der Waals surface area contributed by atoms with Gasteiger partial charge in [0.1, 0.15) is 11.7 Å². The summed E-state index contributed by atoms with van der Waals surface area (Å²) in [5.41, 5.74) is 0.434. The van der Waals surface area contributed by atoms with Crippen LogP contribution in [0, 0.1) is 10.1 Å². The van der Waals surface area contributed by atoms with Crippen molar-refractivity contribution < 1.29 is 14.5 Å². The number of rotatable bonds is 5. The third-order valence-electron chi connectivity index (χ3n) is 3.66. The first-order chi connectivity index (χ1) is 10.0. The zero-order valence-electron chi connectivity index (χ0n) is 12.5. The molecule has 8 heteroatoms. The maximum absolute atomic E-state index is 12.0. The molecule has 0 aliphatic carbocycles. The predicted molar refractivity (Wildman–Crippen MR) is 76.2 cm³/mol. The molecule has 0 saturated carbocycles. The number of esters is 1. The molecule has 2 heterocycles. The van der Waals surface area contributed by atoms with Crippen molar-refractivity contribution >= 4 is 17.5 Å². The van der Waals surface area contributed by atoms with Crippen molar-refractivity contribution in [2.45, 2.75) is 39.2 Å². The first kappa shape index (κ1) is 15.3. The second-order valence-electron chi connectivity index (χ2n) is 4.96. The van der Waals surface area contributed by atoms with Gasteiger partial charge in [-0.1, -0.05) is 6.92 Å². The minimum atomic E-state index is -0.469. The Bertz CT molecular complexity index is 555. The van der Waals surface area contributed by atoms with Crippen LogP contribution < -0.4 is 4.90 Å². The summed E-state index contributed by atoms with van der Waals surface area (Å²) in [6.45, 7) is 4.47. The molecule has 0 amide bonds. The first-order valence-corrected chi connectivity index (χ1v) is 7.14. The van der Waals surface area contributed by atoms with E-state index in [1.165, 1.54) is 4.68 Å². The van der Waals surface area contributed by atoms with Gasteiger partial charge in [0.25, 0.3) is 0 Å². The summed E-state index contributed by atoms with van der Waals surface area (Å²) in [7, 11) is 1.67. The molecule has 8 nitrogen and oxygen atoms in total. The molecule has 0 bridgehead atoms. The standard InChI is InChI=1S/C13H20N4O4/c1-4-9-11(17(19)20)12(15(3)14-9)16-8-6-7-10(16)13(18)21-5-2/h10H,4-8H2,1-3H3. The molecule has 1 aliphatic heterocycles. The van der Waals surface area contributed by atoms with Gasteiger partial charge >= 0.3 is 11.7 Å². The lowest BCUT2D eigenvalue weighted by atomic mass is 10.2. The smallest absolute Gasteiger partial charge is 0.334 e. The lowest BCUT2D eigenvalue weighted by Gasteiger charge is -2.24. The summed E-state index contributed by atoms with van der Waals surface area (Å²) >= 11 is 0. The van der Waals surface area contributed by atoms with E-state index in [1.807, 2.05) is 6.92 Å². The van der Waals surface area contributed by atoms with Crippen molar-refractivity contribution in [1.82, 2.24) is 9.78 Å². The van der Waals surface area contributed by atoms with Crippen LogP contribution in [0.2, 0.25) is 0 Å². The summed E-state index contributed by atoms with van der Waals surface area (Å²) < 4.78 is 6.57. The molecule has 1 fully saturated rings. The van der Waals surface area contributed by atoms with Gasteiger partial charge < -0.3 is 9.64 Å². The molecule has 21 heavy (non-hydrogen) atoms. The van der Waals surface area contributed by atoms with Crippen LogP contribution in [-0.2, 0) is 23.0 Å². The van der Waals surface area contributed by atoms with E-state index in [9.17, 15) is 14.9 Å². The largest absolute Gasteiger partial charge is 0.464 e. The number of hydrogen-bond donors (Lipinski definition) is 0. The van der Waals surface area contributed by atoms with Crippen LogP contribution in [0.3, 0.4) is 0 Å². The Labute approximate surface area is 122 Å². The average Bonchev–Trinajstić information content (AvgIpc) is 3.02. The first-order valence-electron chi connectivity index (χ1n) is 7.14. The van der Waals surface area contributed by atoms with Crippen molar-refractivity contribution in [2.75, 3.05) is 18.1 Å². The minimum Gasteiger partial charge on any atom is -0.464 e. The summed E-state index contributed by atoms with van der Waals surface area (Å²) in [6.07, 6.45) is 1.91. The number of aryl methyl sites for hydroxylation is 2. The predicted octanol–water partition coefficient (Wildman–Crippen LogP) is 1.42. The fourth-order valence-corrected chi connectivity index (χ4v) is 2.81. The number of carbonyl (C=O) groups is 1. The third kappa shape index (κ3) is 2.70. The monoisotopic (exact) mass is 296 g/mol. The van der Waals surface area contributed by atoms with E-state index in [0.717, 1.165) is 6.42 Å². The molecule has 1 atom stereocenters. The van der Waals surface area contributed by atoms with Gasteiger partial charge in [-0.15, -0.1) is 0 Å². The molecule has 1 aliphatic rings. The molecule has 2 rings (SSSR count). The number of nitrogens with zero attached hydrogens (tertiary/aromatic N) is 4. The van der Waals surface area contributed by atoms with Gasteiger partial charge in [0, 0.05) is 13.6 Å². The van der Waals surface area contributed by atoms with Crippen molar-refractivity contribution in [1.29, 1.82) is 0 Å². The van der Waals surface area contributed by atoms with E-state index in [-0.39, 0.29) is 11.7 Å². The minimum absolute atomic E-state index is 0.00352. The number of hydrogen-bond acceptors (Lipinski definition) is 6. The summed E-state index contributed by atoms with van der Waals surface area (Å²) in [4.78, 5) is 24.8. The highest BCUT2D eigenvalue weighted by Gasteiger charge is 2.39. The second kappa shape index (κ2) is 6.11. The molecule has 116 valence electrons. The van der Waals surface area contributed by atoms with Crippen molar-refractivity contribution in [3.8, 4) is 0 Å². The number of aromatic nitrogens is 2. The Kier molecular flexibility index (Phi) is 4.44. The third-order valence-corrected chi connectivity index (χ3v) is 3.66. The van der Waals surface area contributed by atoms with Gasteiger partial charge in [-0.25, -0.2) is 9.48 Å². The Balaban J connectivity index is 2.43. The summed E-state index contributed by atoms with van der Waals surface area (Å²) in [5, 5.41) is 15.6. The molecule has 0 N–H and O–H groups in total. The van der Waals surface area contributed by atoms with Gasteiger partial charge in [0.05, 0.1) is 11.5 Å². The normalized spacial score (nSPS) is 18.0. The van der Waals surface area contributed by atoms with Crippen LogP contribution in [0.15, 0.2) is 0 Å². The van der Waals surface area contributed by atoms with Crippen LogP contribution in [0.5, 0.6) is 0 Å². The van der Waals surface area contributed by atoms with E-state index < -0.39 is 11.0 Å². The lowest BCUT2D eigenvalue weighted by molar-refractivity contribution is -0.384. The van der Waals surface area contributed by atoms with Crippen molar-refractivity contribution in [2.24, 2.45) is 7.05 Å². The number of nitro groups is 1. The van der Waals surface area contributed by atoms with E-state index >= 15 is 0 Å². The van der Waals surface area contributed by atoms with Crippen LogP contribution in [0.25, 0.3) is 0 Å². The molecule has 0 spiro atoms. The SMILES string of the molecule is CCOC(=O)C1CCCN1c1c([N+](=O)[O-])c(CC)nn1C. The van der Waals surface area contributed by atoms with Gasteiger partial charge in [-0.3, -0.25) is 10.1 Å². The fraction of sp³-hybridized carbons (Fsp3) is 0.692. The van der Waals surface area contributed by atoms with Crippen LogP contribution in [0.4, 0.5) is 11.5 Å². The molecule has 1 saturated heterocycles. The Morgan fingerprint density at radius 1 is 1.52 bits per heavy atom. The molecule has 1 aromatic rings. The van der Waals surface area contributed by atoms with E-state index in [1.54, 1.807) is 18.9 Å². The van der Waals surface area contributed by atoms with Crippen molar-refractivity contribution in [3.05, 3.63) is 15.8 Å². The highest BCUT2D eigenvalue weighted by molar-refractivity contribution is 5.82. The van der Waals surface area contributed by atoms with Crippen LogP contribution in [0.1, 0.15) is 32.4 Å². The highest BCUT2D eigenvalue weighted by atomic mass is 16.6. The summed E-state index contributed by atoms with van der Waals surface area (Å²) in [5.74, 6) is 0.0657. The van der Waals surface area contributed by atoms with Crippen LogP contribution in [-0.4, -0.2) is 39.9 Å². The molecule has 1 unspecified atom stereocenters. The molecular formula is C13H20N4O4. The maximum Gasteiger partial charge on any atom is 0.334 e. The molecule has 0 aromatic carbocycles. The number of carbonyl (C=O) groups excluding carboxylic acids is 1. The van der Waals surface area contributed by atoms with E-state index in [4.69, 9.17) is 4.74 Å². The zero-order chi connectivity index (χ0) is 15.6. The Hall–Kier alpha value is -2.12. The van der Waals surface area contributed by atoms with Crippen molar-refractivity contribution in [3.63, 3.8) is 0 Å². The fourth-order valence-electron chi connectivity index (χ4n) is 2.81. The van der Waals surface area contributed by atoms with Gasteiger partial charge in [0.2, 0.25) is 5.82 Å². The Morgan fingerprint density at radius 2 is 2.24 bits per heavy atom. The van der Waals surface area contributed by atoms with Crippen LogP contribution >= 0.6 is 0 Å². The molecular weight excluding hydrogens is 276 g/mol. The Morgan fingerprint density at radius 3 is 2.81 bits per heavy atom. The van der Waals surface area contributed by atoms with Gasteiger partial charge in [-0.05, 0) is 26.2 Å². The zero-order valence-corrected chi connectivity index (χ0v) is 12.5. The quantitative estimate of drug-likeness (QED) is 0.463. The lowest BCUT2D eigenvalue weighted by Crippen LogP contribution is -2.38. The van der Waals surface area contributed by atoms with E-state index in [2.05, 4.69) is 5.10 Å². The topological polar surface area (TPSA) is 90.5 Å².